The fraction of sp³-hybridized carbons (Fsp3) is 0.556. The van der Waals surface area contributed by atoms with E-state index in [1.807, 2.05) is 0 Å². The molecule has 82 valence electrons. The highest BCUT2D eigenvalue weighted by Crippen LogP contribution is 2.28. The van der Waals surface area contributed by atoms with E-state index in [4.69, 9.17) is 10.5 Å². The molecule has 1 aliphatic rings. The van der Waals surface area contributed by atoms with Crippen LogP contribution in [0.4, 0.5) is 5.82 Å². The Balaban J connectivity index is 2.02. The van der Waals surface area contributed by atoms with Crippen molar-refractivity contribution < 1.29 is 4.74 Å². The van der Waals surface area contributed by atoms with Crippen molar-refractivity contribution in [2.24, 2.45) is 0 Å². The summed E-state index contributed by atoms with van der Waals surface area (Å²) >= 11 is 4.99. The van der Waals surface area contributed by atoms with Crippen LogP contribution in [0.15, 0.2) is 15.8 Å². The van der Waals surface area contributed by atoms with Gasteiger partial charge in [-0.2, -0.15) is 0 Å². The van der Waals surface area contributed by atoms with Crippen molar-refractivity contribution >= 4 is 33.5 Å². The van der Waals surface area contributed by atoms with E-state index in [1.54, 1.807) is 17.8 Å². The second kappa shape index (κ2) is 5.14. The molecule has 6 heteroatoms. The number of rotatable bonds is 2. The first-order chi connectivity index (χ1) is 7.24. The Bertz CT molecular complexity index is 324. The van der Waals surface area contributed by atoms with Crippen molar-refractivity contribution in [3.05, 3.63) is 10.7 Å². The highest BCUT2D eigenvalue weighted by Gasteiger charge is 2.16. The van der Waals surface area contributed by atoms with E-state index in [-0.39, 0.29) is 0 Å². The Morgan fingerprint density at radius 2 is 2.13 bits per heavy atom. The van der Waals surface area contributed by atoms with Crippen LogP contribution in [0.2, 0.25) is 0 Å². The van der Waals surface area contributed by atoms with Gasteiger partial charge in [0.05, 0.1) is 0 Å². The smallest absolute Gasteiger partial charge is 0.190 e. The average molecular weight is 290 g/mol. The molecule has 2 rings (SSSR count). The molecular formula is C9H12BrN3OS. The van der Waals surface area contributed by atoms with E-state index in [0.29, 0.717) is 11.1 Å². The fourth-order valence-corrected chi connectivity index (χ4v) is 2.96. The van der Waals surface area contributed by atoms with Crippen LogP contribution in [-0.2, 0) is 4.74 Å². The first-order valence-electron chi connectivity index (χ1n) is 4.78. The fourth-order valence-electron chi connectivity index (χ4n) is 1.41. The molecule has 0 atom stereocenters. The summed E-state index contributed by atoms with van der Waals surface area (Å²) in [5.74, 6) is 0.506. The third kappa shape index (κ3) is 3.32. The van der Waals surface area contributed by atoms with Gasteiger partial charge in [-0.15, -0.1) is 0 Å². The van der Waals surface area contributed by atoms with Gasteiger partial charge in [0.15, 0.2) is 5.16 Å². The van der Waals surface area contributed by atoms with Crippen LogP contribution in [0.3, 0.4) is 0 Å². The summed E-state index contributed by atoms with van der Waals surface area (Å²) in [4.78, 5) is 8.46. The molecule has 0 spiro atoms. The minimum atomic E-state index is 0.506. The van der Waals surface area contributed by atoms with E-state index in [0.717, 1.165) is 35.8 Å². The van der Waals surface area contributed by atoms with Gasteiger partial charge in [-0.05, 0) is 28.8 Å². The molecule has 1 aromatic rings. The first kappa shape index (κ1) is 11.2. The zero-order valence-electron chi connectivity index (χ0n) is 8.15. The first-order valence-corrected chi connectivity index (χ1v) is 6.46. The van der Waals surface area contributed by atoms with E-state index in [1.165, 1.54) is 0 Å². The predicted octanol–water partition coefficient (Wildman–Crippen LogP) is 2.09. The Kier molecular flexibility index (Phi) is 3.82. The highest BCUT2D eigenvalue weighted by atomic mass is 79.9. The van der Waals surface area contributed by atoms with Crippen LogP contribution >= 0.6 is 27.7 Å². The molecule has 2 heterocycles. The molecule has 15 heavy (non-hydrogen) atoms. The molecule has 0 aromatic carbocycles. The highest BCUT2D eigenvalue weighted by molar-refractivity contribution is 9.10. The van der Waals surface area contributed by atoms with Gasteiger partial charge in [0.1, 0.15) is 10.4 Å². The van der Waals surface area contributed by atoms with Crippen LogP contribution in [0.5, 0.6) is 0 Å². The third-order valence-corrected chi connectivity index (χ3v) is 3.74. The van der Waals surface area contributed by atoms with Crippen molar-refractivity contribution in [3.8, 4) is 0 Å². The van der Waals surface area contributed by atoms with Crippen LogP contribution < -0.4 is 5.73 Å². The molecule has 1 fully saturated rings. The number of hydrogen-bond donors (Lipinski definition) is 1. The minimum absolute atomic E-state index is 0.506. The van der Waals surface area contributed by atoms with Crippen LogP contribution in [0.25, 0.3) is 0 Å². The van der Waals surface area contributed by atoms with E-state index < -0.39 is 0 Å². The Hall–Kier alpha value is -0.330. The molecule has 0 saturated carbocycles. The number of nitrogen functional groups attached to an aromatic ring is 1. The molecule has 0 radical (unpaired) electrons. The lowest BCUT2D eigenvalue weighted by atomic mass is 10.2. The molecule has 0 amide bonds. The van der Waals surface area contributed by atoms with E-state index in [9.17, 15) is 0 Å². The second-order valence-corrected chi connectivity index (χ2v) is 5.41. The van der Waals surface area contributed by atoms with E-state index in [2.05, 4.69) is 25.9 Å². The number of nitrogens with two attached hydrogens (primary N) is 1. The lowest BCUT2D eigenvalue weighted by Crippen LogP contribution is -2.17. The summed E-state index contributed by atoms with van der Waals surface area (Å²) in [6, 6.07) is 1.70. The number of hydrogen-bond acceptors (Lipinski definition) is 5. The number of aromatic nitrogens is 2. The standard InChI is InChI=1S/C9H12BrN3OS/c10-7-5-8(11)13-9(12-7)15-6-1-3-14-4-2-6/h5-6H,1-4H2,(H2,11,12,13). The summed E-state index contributed by atoms with van der Waals surface area (Å²) in [6.45, 7) is 1.67. The normalized spacial score (nSPS) is 17.9. The van der Waals surface area contributed by atoms with Crippen LogP contribution in [0.1, 0.15) is 12.8 Å². The van der Waals surface area contributed by atoms with Gasteiger partial charge in [0.25, 0.3) is 0 Å². The zero-order chi connectivity index (χ0) is 10.7. The Labute approximate surface area is 101 Å². The number of thioether (sulfide) groups is 1. The quantitative estimate of drug-likeness (QED) is 0.667. The molecule has 2 N–H and O–H groups in total. The lowest BCUT2D eigenvalue weighted by Gasteiger charge is -2.20. The molecule has 1 aromatic heterocycles. The van der Waals surface area contributed by atoms with Crippen molar-refractivity contribution in [2.75, 3.05) is 18.9 Å². The predicted molar refractivity (Wildman–Crippen MR) is 63.8 cm³/mol. The Morgan fingerprint density at radius 3 is 2.80 bits per heavy atom. The van der Waals surface area contributed by atoms with Gasteiger partial charge < -0.3 is 10.5 Å². The van der Waals surface area contributed by atoms with Gasteiger partial charge in [0, 0.05) is 24.5 Å². The maximum absolute atomic E-state index is 5.65. The average Bonchev–Trinajstić information content (AvgIpc) is 2.17. The summed E-state index contributed by atoms with van der Waals surface area (Å²) in [6.07, 6.45) is 2.11. The van der Waals surface area contributed by atoms with Gasteiger partial charge in [-0.1, -0.05) is 11.8 Å². The SMILES string of the molecule is Nc1cc(Br)nc(SC2CCOCC2)n1. The number of halogens is 1. The van der Waals surface area contributed by atoms with E-state index >= 15 is 0 Å². The number of anilines is 1. The van der Waals surface area contributed by atoms with Crippen molar-refractivity contribution in [1.29, 1.82) is 0 Å². The topological polar surface area (TPSA) is 61.0 Å². The van der Waals surface area contributed by atoms with Gasteiger partial charge >= 0.3 is 0 Å². The second-order valence-electron chi connectivity index (χ2n) is 3.33. The summed E-state index contributed by atoms with van der Waals surface area (Å²) in [5, 5.41) is 1.29. The largest absolute Gasteiger partial charge is 0.384 e. The van der Waals surface area contributed by atoms with Crippen molar-refractivity contribution in [3.63, 3.8) is 0 Å². The zero-order valence-corrected chi connectivity index (χ0v) is 10.6. The van der Waals surface area contributed by atoms with Crippen molar-refractivity contribution in [1.82, 2.24) is 9.97 Å². The molecule has 0 aliphatic carbocycles. The molecule has 1 aliphatic heterocycles. The lowest BCUT2D eigenvalue weighted by molar-refractivity contribution is 0.1000. The van der Waals surface area contributed by atoms with Gasteiger partial charge in [-0.3, -0.25) is 0 Å². The maximum Gasteiger partial charge on any atom is 0.190 e. The molecule has 0 unspecified atom stereocenters. The van der Waals surface area contributed by atoms with Crippen molar-refractivity contribution in [2.45, 2.75) is 23.2 Å². The molecule has 0 bridgehead atoms. The molecule has 1 saturated heterocycles. The summed E-state index contributed by atoms with van der Waals surface area (Å²) < 4.78 is 6.04. The molecular weight excluding hydrogens is 278 g/mol. The maximum atomic E-state index is 5.65. The van der Waals surface area contributed by atoms with Gasteiger partial charge in [-0.25, -0.2) is 9.97 Å². The monoisotopic (exact) mass is 289 g/mol. The Morgan fingerprint density at radius 1 is 1.40 bits per heavy atom. The summed E-state index contributed by atoms with van der Waals surface area (Å²) in [7, 11) is 0. The number of nitrogens with zero attached hydrogens (tertiary/aromatic N) is 2. The summed E-state index contributed by atoms with van der Waals surface area (Å²) in [5.41, 5.74) is 5.65. The van der Waals surface area contributed by atoms with Crippen LogP contribution in [0, 0.1) is 0 Å². The van der Waals surface area contributed by atoms with Crippen LogP contribution in [-0.4, -0.2) is 28.4 Å². The number of ether oxygens (including phenoxy) is 1. The van der Waals surface area contributed by atoms with Gasteiger partial charge in [0.2, 0.25) is 0 Å². The third-order valence-electron chi connectivity index (χ3n) is 2.13. The minimum Gasteiger partial charge on any atom is -0.384 e. The molecule has 4 nitrogen and oxygen atoms in total.